The Hall–Kier alpha value is -1.30. The van der Waals surface area contributed by atoms with Crippen LogP contribution in [-0.2, 0) is 9.59 Å². The van der Waals surface area contributed by atoms with Gasteiger partial charge in [-0.3, -0.25) is 14.5 Å². The monoisotopic (exact) mass is 219 g/mol. The molecule has 0 atom stereocenters. The minimum atomic E-state index is -0.398. The molecule has 2 rings (SSSR count). The van der Waals surface area contributed by atoms with Gasteiger partial charge in [0.25, 0.3) is 0 Å². The summed E-state index contributed by atoms with van der Waals surface area (Å²) in [5, 5.41) is 0. The Morgan fingerprint density at radius 1 is 1.19 bits per heavy atom. The largest absolute Gasteiger partial charge is 0.274 e. The Morgan fingerprint density at radius 2 is 1.81 bits per heavy atom. The van der Waals surface area contributed by atoms with Crippen LogP contribution in [0.25, 0.3) is 0 Å². The second-order valence-electron chi connectivity index (χ2n) is 4.86. The van der Waals surface area contributed by atoms with Crippen LogP contribution in [0.5, 0.6) is 0 Å². The van der Waals surface area contributed by atoms with E-state index in [1.54, 1.807) is 0 Å². The average Bonchev–Trinajstić information content (AvgIpc) is 2.48. The first-order valence-electron chi connectivity index (χ1n) is 5.98. The molecule has 1 aliphatic heterocycles. The lowest BCUT2D eigenvalue weighted by Crippen LogP contribution is -2.35. The normalized spacial score (nSPS) is 24.6. The smallest absolute Gasteiger partial charge is 0.236 e. The highest BCUT2D eigenvalue weighted by atomic mass is 16.2. The first kappa shape index (κ1) is 11.2. The van der Waals surface area contributed by atoms with E-state index < -0.39 is 5.41 Å². The SMILES string of the molecule is C#CCN1C(=O)CC2(CCCCCC2)C1=O. The van der Waals surface area contributed by atoms with Gasteiger partial charge in [0, 0.05) is 6.42 Å². The lowest BCUT2D eigenvalue weighted by Gasteiger charge is -2.24. The van der Waals surface area contributed by atoms with Crippen LogP contribution in [0, 0.1) is 17.8 Å². The van der Waals surface area contributed by atoms with Crippen molar-refractivity contribution < 1.29 is 9.59 Å². The molecule has 0 unspecified atom stereocenters. The molecule has 1 heterocycles. The minimum Gasteiger partial charge on any atom is -0.274 e. The molecule has 3 nitrogen and oxygen atoms in total. The van der Waals surface area contributed by atoms with Crippen molar-refractivity contribution in [2.45, 2.75) is 44.9 Å². The van der Waals surface area contributed by atoms with Crippen LogP contribution < -0.4 is 0 Å². The van der Waals surface area contributed by atoms with Gasteiger partial charge in [0.1, 0.15) is 0 Å². The van der Waals surface area contributed by atoms with E-state index in [1.807, 2.05) is 0 Å². The molecule has 16 heavy (non-hydrogen) atoms. The summed E-state index contributed by atoms with van der Waals surface area (Å²) in [6, 6.07) is 0. The molecule has 2 fully saturated rings. The van der Waals surface area contributed by atoms with Crippen molar-refractivity contribution in [3.8, 4) is 12.3 Å². The molecule has 2 amide bonds. The van der Waals surface area contributed by atoms with Crippen LogP contribution >= 0.6 is 0 Å². The number of hydrogen-bond acceptors (Lipinski definition) is 2. The molecule has 1 saturated carbocycles. The first-order chi connectivity index (χ1) is 7.69. The molecular weight excluding hydrogens is 202 g/mol. The van der Waals surface area contributed by atoms with Crippen LogP contribution in [0.3, 0.4) is 0 Å². The van der Waals surface area contributed by atoms with Gasteiger partial charge in [0.15, 0.2) is 0 Å². The quantitative estimate of drug-likeness (QED) is 0.497. The molecule has 0 bridgehead atoms. The molecule has 2 aliphatic rings. The molecular formula is C13H17NO2. The number of imide groups is 1. The molecule has 0 radical (unpaired) electrons. The van der Waals surface area contributed by atoms with Gasteiger partial charge in [-0.15, -0.1) is 6.42 Å². The summed E-state index contributed by atoms with van der Waals surface area (Å²) < 4.78 is 0. The molecule has 3 heteroatoms. The number of likely N-dealkylation sites (tertiary alicyclic amines) is 1. The topological polar surface area (TPSA) is 37.4 Å². The van der Waals surface area contributed by atoms with Crippen molar-refractivity contribution in [2.24, 2.45) is 5.41 Å². The summed E-state index contributed by atoms with van der Waals surface area (Å²) in [6.07, 6.45) is 11.8. The van der Waals surface area contributed by atoms with Crippen LogP contribution in [-0.4, -0.2) is 23.3 Å². The zero-order valence-electron chi connectivity index (χ0n) is 9.50. The van der Waals surface area contributed by atoms with E-state index in [9.17, 15) is 9.59 Å². The van der Waals surface area contributed by atoms with Crippen molar-refractivity contribution in [1.82, 2.24) is 4.90 Å². The fourth-order valence-electron chi connectivity index (χ4n) is 2.91. The van der Waals surface area contributed by atoms with E-state index in [0.29, 0.717) is 6.42 Å². The summed E-state index contributed by atoms with van der Waals surface area (Å²) in [7, 11) is 0. The molecule has 86 valence electrons. The Labute approximate surface area is 96.2 Å². The number of terminal acetylenes is 1. The second-order valence-corrected chi connectivity index (χ2v) is 4.86. The first-order valence-corrected chi connectivity index (χ1v) is 5.98. The van der Waals surface area contributed by atoms with E-state index in [1.165, 1.54) is 17.7 Å². The number of carbonyl (C=O) groups is 2. The molecule has 0 aromatic carbocycles. The molecule has 0 aromatic rings. The average molecular weight is 219 g/mol. The van der Waals surface area contributed by atoms with Crippen LogP contribution in [0.4, 0.5) is 0 Å². The Kier molecular flexibility index (Phi) is 3.00. The van der Waals surface area contributed by atoms with Gasteiger partial charge >= 0.3 is 0 Å². The van der Waals surface area contributed by atoms with E-state index in [4.69, 9.17) is 6.42 Å². The van der Waals surface area contributed by atoms with Crippen molar-refractivity contribution in [1.29, 1.82) is 0 Å². The zero-order chi connectivity index (χ0) is 11.6. The summed E-state index contributed by atoms with van der Waals surface area (Å²) in [5.74, 6) is 2.30. The van der Waals surface area contributed by atoms with E-state index in [2.05, 4.69) is 5.92 Å². The third-order valence-electron chi connectivity index (χ3n) is 3.80. The van der Waals surface area contributed by atoms with Crippen molar-refractivity contribution in [3.63, 3.8) is 0 Å². The van der Waals surface area contributed by atoms with E-state index >= 15 is 0 Å². The number of amides is 2. The van der Waals surface area contributed by atoms with Crippen molar-refractivity contribution in [3.05, 3.63) is 0 Å². The molecule has 1 saturated heterocycles. The zero-order valence-corrected chi connectivity index (χ0v) is 9.50. The third kappa shape index (κ3) is 1.73. The van der Waals surface area contributed by atoms with E-state index in [0.717, 1.165) is 25.7 Å². The lowest BCUT2D eigenvalue weighted by atomic mass is 9.79. The van der Waals surface area contributed by atoms with Gasteiger partial charge in [0.2, 0.25) is 11.8 Å². The van der Waals surface area contributed by atoms with Crippen LogP contribution in [0.15, 0.2) is 0 Å². The summed E-state index contributed by atoms with van der Waals surface area (Å²) >= 11 is 0. The minimum absolute atomic E-state index is 0.0163. The van der Waals surface area contributed by atoms with Crippen molar-refractivity contribution >= 4 is 11.8 Å². The van der Waals surface area contributed by atoms with Crippen molar-refractivity contribution in [2.75, 3.05) is 6.54 Å². The highest BCUT2D eigenvalue weighted by molar-refractivity contribution is 6.06. The Bertz CT molecular complexity index is 345. The predicted molar refractivity (Wildman–Crippen MR) is 60.3 cm³/mol. The summed E-state index contributed by atoms with van der Waals surface area (Å²) in [5.41, 5.74) is -0.398. The van der Waals surface area contributed by atoms with Gasteiger partial charge in [-0.2, -0.15) is 0 Å². The fourth-order valence-corrected chi connectivity index (χ4v) is 2.91. The van der Waals surface area contributed by atoms with E-state index in [-0.39, 0.29) is 18.4 Å². The number of carbonyl (C=O) groups excluding carboxylic acids is 2. The fraction of sp³-hybridized carbons (Fsp3) is 0.692. The summed E-state index contributed by atoms with van der Waals surface area (Å²) in [6.45, 7) is 0.138. The van der Waals surface area contributed by atoms with Gasteiger partial charge in [-0.05, 0) is 12.8 Å². The van der Waals surface area contributed by atoms with Crippen LogP contribution in [0.2, 0.25) is 0 Å². The number of hydrogen-bond donors (Lipinski definition) is 0. The predicted octanol–water partition coefficient (Wildman–Crippen LogP) is 1.72. The third-order valence-corrected chi connectivity index (χ3v) is 3.80. The lowest BCUT2D eigenvalue weighted by molar-refractivity contribution is -0.141. The van der Waals surface area contributed by atoms with Crippen LogP contribution in [0.1, 0.15) is 44.9 Å². The maximum atomic E-state index is 12.2. The standard InChI is InChI=1S/C13H17NO2/c1-2-9-14-11(15)10-13(12(14)16)7-5-3-4-6-8-13/h1H,3-10H2. The maximum Gasteiger partial charge on any atom is 0.236 e. The highest BCUT2D eigenvalue weighted by Gasteiger charge is 2.50. The Balaban J connectivity index is 2.20. The van der Waals surface area contributed by atoms with Gasteiger partial charge in [-0.1, -0.05) is 31.6 Å². The maximum absolute atomic E-state index is 12.2. The van der Waals surface area contributed by atoms with Gasteiger partial charge < -0.3 is 0 Å². The summed E-state index contributed by atoms with van der Waals surface area (Å²) in [4.78, 5) is 25.3. The molecule has 0 N–H and O–H groups in total. The molecule has 1 spiro atoms. The molecule has 0 aromatic heterocycles. The highest BCUT2D eigenvalue weighted by Crippen LogP contribution is 2.44. The number of nitrogens with zero attached hydrogens (tertiary/aromatic N) is 1. The Morgan fingerprint density at radius 3 is 2.38 bits per heavy atom. The number of rotatable bonds is 1. The van der Waals surface area contributed by atoms with Gasteiger partial charge in [-0.25, -0.2) is 0 Å². The second kappa shape index (κ2) is 4.29. The van der Waals surface area contributed by atoms with Gasteiger partial charge in [0.05, 0.1) is 12.0 Å². The molecule has 1 aliphatic carbocycles.